The smallest absolute Gasteiger partial charge is 0.230 e. The largest absolute Gasteiger partial charge is 0.376 e. The van der Waals surface area contributed by atoms with Crippen LogP contribution in [0.15, 0.2) is 0 Å². The number of hydrogen-bond acceptors (Lipinski definition) is 3. The van der Waals surface area contributed by atoms with Crippen molar-refractivity contribution in [3.8, 4) is 0 Å². The van der Waals surface area contributed by atoms with Gasteiger partial charge in [-0.25, -0.2) is 0 Å². The van der Waals surface area contributed by atoms with E-state index in [1.54, 1.807) is 0 Å². The minimum absolute atomic E-state index is 0.202. The summed E-state index contributed by atoms with van der Waals surface area (Å²) in [5.74, 6) is 0.268. The molecule has 0 aromatic heterocycles. The SMILES string of the molecule is CCCOC1CCCN(C(=O)C2(CN)CC2)C1. The van der Waals surface area contributed by atoms with Crippen molar-refractivity contribution in [1.82, 2.24) is 4.90 Å². The molecule has 1 amide bonds. The zero-order valence-electron chi connectivity index (χ0n) is 10.8. The second kappa shape index (κ2) is 5.36. The molecule has 0 aromatic rings. The van der Waals surface area contributed by atoms with Crippen molar-refractivity contribution in [2.45, 2.75) is 45.1 Å². The summed E-state index contributed by atoms with van der Waals surface area (Å²) < 4.78 is 5.75. The van der Waals surface area contributed by atoms with Crippen molar-refractivity contribution in [3.05, 3.63) is 0 Å². The predicted octanol–water partition coefficient (Wildman–Crippen LogP) is 1.14. The van der Waals surface area contributed by atoms with Crippen LogP contribution in [0.25, 0.3) is 0 Å². The fraction of sp³-hybridized carbons (Fsp3) is 0.923. The van der Waals surface area contributed by atoms with Gasteiger partial charge in [-0.1, -0.05) is 6.92 Å². The van der Waals surface area contributed by atoms with Gasteiger partial charge >= 0.3 is 0 Å². The molecule has 1 aliphatic carbocycles. The Morgan fingerprint density at radius 2 is 2.29 bits per heavy atom. The fourth-order valence-electron chi connectivity index (χ4n) is 2.53. The van der Waals surface area contributed by atoms with E-state index in [-0.39, 0.29) is 17.4 Å². The van der Waals surface area contributed by atoms with E-state index >= 15 is 0 Å². The van der Waals surface area contributed by atoms with Gasteiger partial charge in [0.05, 0.1) is 11.5 Å². The third-order valence-electron chi connectivity index (χ3n) is 3.92. The average molecular weight is 240 g/mol. The van der Waals surface area contributed by atoms with Gasteiger partial charge in [0.15, 0.2) is 0 Å². The number of amides is 1. The zero-order valence-corrected chi connectivity index (χ0v) is 10.8. The normalized spacial score (nSPS) is 26.9. The van der Waals surface area contributed by atoms with Crippen LogP contribution in [0.5, 0.6) is 0 Å². The first-order valence-corrected chi connectivity index (χ1v) is 6.83. The van der Waals surface area contributed by atoms with E-state index in [4.69, 9.17) is 10.5 Å². The van der Waals surface area contributed by atoms with E-state index in [9.17, 15) is 4.79 Å². The highest BCUT2D eigenvalue weighted by atomic mass is 16.5. The summed E-state index contributed by atoms with van der Waals surface area (Å²) in [4.78, 5) is 14.3. The lowest BCUT2D eigenvalue weighted by Gasteiger charge is -2.34. The van der Waals surface area contributed by atoms with Gasteiger partial charge in [-0.05, 0) is 32.1 Å². The van der Waals surface area contributed by atoms with Crippen molar-refractivity contribution < 1.29 is 9.53 Å². The minimum atomic E-state index is -0.202. The lowest BCUT2D eigenvalue weighted by atomic mass is 10.0. The van der Waals surface area contributed by atoms with Crippen LogP contribution >= 0.6 is 0 Å². The topological polar surface area (TPSA) is 55.6 Å². The van der Waals surface area contributed by atoms with Crippen LogP contribution in [0.4, 0.5) is 0 Å². The first-order chi connectivity index (χ1) is 8.22. The van der Waals surface area contributed by atoms with Crippen molar-refractivity contribution in [1.29, 1.82) is 0 Å². The van der Waals surface area contributed by atoms with E-state index in [0.29, 0.717) is 6.54 Å². The molecule has 1 unspecified atom stereocenters. The summed E-state index contributed by atoms with van der Waals surface area (Å²) in [7, 11) is 0. The maximum atomic E-state index is 12.3. The Bertz CT molecular complexity index is 277. The van der Waals surface area contributed by atoms with Crippen LogP contribution < -0.4 is 5.73 Å². The van der Waals surface area contributed by atoms with E-state index < -0.39 is 0 Å². The number of likely N-dealkylation sites (tertiary alicyclic amines) is 1. The Hall–Kier alpha value is -0.610. The quantitative estimate of drug-likeness (QED) is 0.784. The van der Waals surface area contributed by atoms with Gasteiger partial charge in [-0.3, -0.25) is 4.79 Å². The van der Waals surface area contributed by atoms with Crippen LogP contribution in [-0.4, -0.2) is 43.2 Å². The van der Waals surface area contributed by atoms with E-state index in [0.717, 1.165) is 51.8 Å². The number of rotatable bonds is 5. The number of hydrogen-bond donors (Lipinski definition) is 1. The van der Waals surface area contributed by atoms with E-state index in [1.807, 2.05) is 4.90 Å². The molecule has 0 aromatic carbocycles. The van der Waals surface area contributed by atoms with Crippen LogP contribution in [-0.2, 0) is 9.53 Å². The maximum absolute atomic E-state index is 12.3. The van der Waals surface area contributed by atoms with Crippen molar-refractivity contribution >= 4 is 5.91 Å². The molecule has 2 rings (SSSR count). The number of ether oxygens (including phenoxy) is 1. The Morgan fingerprint density at radius 1 is 1.53 bits per heavy atom. The Kier molecular flexibility index (Phi) is 4.05. The van der Waals surface area contributed by atoms with Crippen LogP contribution in [0.3, 0.4) is 0 Å². The Labute approximate surface area is 103 Å². The highest BCUT2D eigenvalue weighted by Gasteiger charge is 2.50. The molecule has 17 heavy (non-hydrogen) atoms. The third-order valence-corrected chi connectivity index (χ3v) is 3.92. The molecule has 1 heterocycles. The standard InChI is InChI=1S/C13H24N2O2/c1-2-8-17-11-4-3-7-15(9-11)12(16)13(10-14)5-6-13/h11H,2-10,14H2,1H3. The molecule has 4 heteroatoms. The van der Waals surface area contributed by atoms with Gasteiger partial charge in [0.25, 0.3) is 0 Å². The van der Waals surface area contributed by atoms with Gasteiger partial charge in [0, 0.05) is 26.2 Å². The number of nitrogens with two attached hydrogens (primary N) is 1. The lowest BCUT2D eigenvalue weighted by molar-refractivity contribution is -0.140. The maximum Gasteiger partial charge on any atom is 0.230 e. The molecule has 1 aliphatic heterocycles. The fourth-order valence-corrected chi connectivity index (χ4v) is 2.53. The first-order valence-electron chi connectivity index (χ1n) is 6.83. The minimum Gasteiger partial charge on any atom is -0.376 e. The average Bonchev–Trinajstić information content (AvgIpc) is 3.17. The molecular formula is C13H24N2O2. The molecule has 1 saturated carbocycles. The summed E-state index contributed by atoms with van der Waals surface area (Å²) >= 11 is 0. The van der Waals surface area contributed by atoms with Crippen molar-refractivity contribution in [3.63, 3.8) is 0 Å². The van der Waals surface area contributed by atoms with Gasteiger partial charge < -0.3 is 15.4 Å². The van der Waals surface area contributed by atoms with Gasteiger partial charge in [-0.2, -0.15) is 0 Å². The Morgan fingerprint density at radius 3 is 2.88 bits per heavy atom. The molecule has 98 valence electrons. The second-order valence-corrected chi connectivity index (χ2v) is 5.37. The van der Waals surface area contributed by atoms with Crippen molar-refractivity contribution in [2.75, 3.05) is 26.2 Å². The first kappa shape index (κ1) is 12.8. The van der Waals surface area contributed by atoms with Crippen LogP contribution in [0.1, 0.15) is 39.0 Å². The lowest BCUT2D eigenvalue weighted by Crippen LogP contribution is -2.47. The van der Waals surface area contributed by atoms with Crippen molar-refractivity contribution in [2.24, 2.45) is 11.1 Å². The molecule has 1 atom stereocenters. The molecule has 0 radical (unpaired) electrons. The molecule has 2 aliphatic rings. The summed E-state index contributed by atoms with van der Waals surface area (Å²) in [5.41, 5.74) is 5.51. The number of nitrogens with zero attached hydrogens (tertiary/aromatic N) is 1. The molecule has 1 saturated heterocycles. The summed E-state index contributed by atoms with van der Waals surface area (Å²) in [6.07, 6.45) is 5.36. The molecular weight excluding hydrogens is 216 g/mol. The highest BCUT2D eigenvalue weighted by molar-refractivity contribution is 5.85. The Balaban J connectivity index is 1.86. The molecule has 0 spiro atoms. The second-order valence-electron chi connectivity index (χ2n) is 5.37. The van der Waals surface area contributed by atoms with Gasteiger partial charge in [0.2, 0.25) is 5.91 Å². The monoisotopic (exact) mass is 240 g/mol. The molecule has 4 nitrogen and oxygen atoms in total. The molecule has 2 N–H and O–H groups in total. The summed E-state index contributed by atoms with van der Waals surface area (Å²) in [6.45, 7) is 5.06. The van der Waals surface area contributed by atoms with Crippen LogP contribution in [0, 0.1) is 5.41 Å². The zero-order chi connectivity index (χ0) is 12.3. The molecule has 0 bridgehead atoms. The highest BCUT2D eigenvalue weighted by Crippen LogP contribution is 2.46. The van der Waals surface area contributed by atoms with Crippen LogP contribution in [0.2, 0.25) is 0 Å². The molecule has 2 fully saturated rings. The van der Waals surface area contributed by atoms with Gasteiger partial charge in [0.1, 0.15) is 0 Å². The van der Waals surface area contributed by atoms with E-state index in [1.165, 1.54) is 0 Å². The number of piperidine rings is 1. The summed E-state index contributed by atoms with van der Waals surface area (Å²) in [6, 6.07) is 0. The summed E-state index contributed by atoms with van der Waals surface area (Å²) in [5, 5.41) is 0. The predicted molar refractivity (Wildman–Crippen MR) is 66.6 cm³/mol. The number of carbonyl (C=O) groups excluding carboxylic acids is 1. The van der Waals surface area contributed by atoms with E-state index in [2.05, 4.69) is 6.92 Å². The number of carbonyl (C=O) groups is 1. The van der Waals surface area contributed by atoms with Gasteiger partial charge in [-0.15, -0.1) is 0 Å². The third kappa shape index (κ3) is 2.80.